The Morgan fingerprint density at radius 2 is 1.94 bits per heavy atom. The van der Waals surface area contributed by atoms with E-state index in [1.807, 2.05) is 0 Å². The molecule has 0 aliphatic carbocycles. The number of halogens is 4. The number of rotatable bonds is 3. The predicted octanol–water partition coefficient (Wildman–Crippen LogP) is 2.41. The van der Waals surface area contributed by atoms with E-state index in [4.69, 9.17) is 16.7 Å². The van der Waals surface area contributed by atoms with E-state index in [0.717, 1.165) is 18.2 Å². The highest BCUT2D eigenvalue weighted by atomic mass is 35.5. The highest BCUT2D eigenvalue weighted by Gasteiger charge is 2.57. The summed E-state index contributed by atoms with van der Waals surface area (Å²) in [5.74, 6) is -7.76. The maximum absolute atomic E-state index is 13.3. The van der Waals surface area contributed by atoms with Crippen LogP contribution >= 0.6 is 11.6 Å². The van der Waals surface area contributed by atoms with Gasteiger partial charge in [-0.15, -0.1) is 0 Å². The van der Waals surface area contributed by atoms with Crippen LogP contribution in [0.3, 0.4) is 0 Å². The maximum Gasteiger partial charge on any atom is 0.378 e. The highest BCUT2D eigenvalue weighted by Crippen LogP contribution is 2.38. The van der Waals surface area contributed by atoms with Crippen LogP contribution in [0, 0.1) is 5.82 Å². The summed E-state index contributed by atoms with van der Waals surface area (Å²) in [6.07, 6.45) is 0. The van der Waals surface area contributed by atoms with Gasteiger partial charge in [0.1, 0.15) is 5.82 Å². The van der Waals surface area contributed by atoms with Crippen LogP contribution in [-0.2, 0) is 10.4 Å². The van der Waals surface area contributed by atoms with Gasteiger partial charge in [0.25, 0.3) is 0 Å². The molecule has 17 heavy (non-hydrogen) atoms. The lowest BCUT2D eigenvalue weighted by Crippen LogP contribution is -2.48. The minimum Gasteiger partial charge on any atom is -0.477 e. The number of benzene rings is 1. The molecule has 0 aliphatic rings. The second-order valence-corrected chi connectivity index (χ2v) is 3.99. The number of hydrogen-bond acceptors (Lipinski definition) is 2. The molecule has 0 spiro atoms. The summed E-state index contributed by atoms with van der Waals surface area (Å²) in [6, 6.07) is 2.37. The minimum atomic E-state index is -4.42. The standard InChI is InChI=1S/C10H8ClF3O3/c1-9(17,10(13,14)8(15)16)5-2-3-7(12)6(11)4-5/h2-4,17H,1H3,(H,15,16). The number of hydrogen-bond donors (Lipinski definition) is 2. The molecule has 0 fully saturated rings. The molecule has 1 atom stereocenters. The summed E-state index contributed by atoms with van der Waals surface area (Å²) >= 11 is 5.37. The number of alkyl halides is 2. The molecule has 3 nitrogen and oxygen atoms in total. The van der Waals surface area contributed by atoms with E-state index in [1.54, 1.807) is 0 Å². The third-order valence-corrected chi connectivity index (χ3v) is 2.65. The number of carbonyl (C=O) groups is 1. The van der Waals surface area contributed by atoms with Gasteiger partial charge in [0, 0.05) is 0 Å². The summed E-state index contributed by atoms with van der Waals surface area (Å²) in [7, 11) is 0. The molecule has 1 rings (SSSR count). The van der Waals surface area contributed by atoms with Crippen molar-refractivity contribution >= 4 is 17.6 Å². The van der Waals surface area contributed by atoms with E-state index in [-0.39, 0.29) is 0 Å². The molecule has 1 unspecified atom stereocenters. The first-order valence-corrected chi connectivity index (χ1v) is 4.77. The van der Waals surface area contributed by atoms with E-state index >= 15 is 0 Å². The van der Waals surface area contributed by atoms with Crippen LogP contribution in [0.5, 0.6) is 0 Å². The summed E-state index contributed by atoms with van der Waals surface area (Å²) in [5.41, 5.74) is -3.48. The SMILES string of the molecule is CC(O)(c1ccc(F)c(Cl)c1)C(F)(F)C(=O)O. The largest absolute Gasteiger partial charge is 0.477 e. The molecule has 1 aromatic rings. The average molecular weight is 269 g/mol. The lowest BCUT2D eigenvalue weighted by Gasteiger charge is -2.29. The molecule has 0 aliphatic heterocycles. The smallest absolute Gasteiger partial charge is 0.378 e. The first-order valence-electron chi connectivity index (χ1n) is 4.40. The summed E-state index contributed by atoms with van der Waals surface area (Å²) < 4.78 is 39.3. The Kier molecular flexibility index (Phi) is 3.40. The average Bonchev–Trinajstić information content (AvgIpc) is 2.21. The number of aliphatic hydroxyl groups is 1. The fourth-order valence-corrected chi connectivity index (χ4v) is 1.37. The van der Waals surface area contributed by atoms with Crippen molar-refractivity contribution in [1.29, 1.82) is 0 Å². The number of carboxylic acids is 1. The van der Waals surface area contributed by atoms with Crippen molar-refractivity contribution in [2.75, 3.05) is 0 Å². The molecule has 2 N–H and O–H groups in total. The normalized spacial score (nSPS) is 15.4. The molecule has 0 heterocycles. The molecule has 0 amide bonds. The highest BCUT2D eigenvalue weighted by molar-refractivity contribution is 6.30. The first-order chi connectivity index (χ1) is 7.60. The third-order valence-electron chi connectivity index (χ3n) is 2.36. The monoisotopic (exact) mass is 268 g/mol. The third kappa shape index (κ3) is 2.23. The Balaban J connectivity index is 3.30. The van der Waals surface area contributed by atoms with E-state index in [2.05, 4.69) is 0 Å². The van der Waals surface area contributed by atoms with Crippen molar-refractivity contribution in [3.05, 3.63) is 34.6 Å². The zero-order chi connectivity index (χ0) is 13.4. The molecular weight excluding hydrogens is 261 g/mol. The second-order valence-electron chi connectivity index (χ2n) is 3.58. The molecule has 94 valence electrons. The van der Waals surface area contributed by atoms with Crippen LogP contribution in [0.2, 0.25) is 5.02 Å². The molecule has 0 saturated heterocycles. The van der Waals surface area contributed by atoms with Crippen molar-refractivity contribution < 1.29 is 28.2 Å². The molecule has 0 bridgehead atoms. The van der Waals surface area contributed by atoms with Crippen LogP contribution in [0.15, 0.2) is 18.2 Å². The van der Waals surface area contributed by atoms with Crippen LogP contribution < -0.4 is 0 Å². The topological polar surface area (TPSA) is 57.5 Å². The lowest BCUT2D eigenvalue weighted by molar-refractivity contribution is -0.207. The summed E-state index contributed by atoms with van der Waals surface area (Å²) in [5, 5.41) is 17.4. The molecule has 0 aromatic heterocycles. The van der Waals surface area contributed by atoms with Gasteiger partial charge in [-0.3, -0.25) is 0 Å². The van der Waals surface area contributed by atoms with Gasteiger partial charge in [0.15, 0.2) is 5.60 Å². The fraction of sp³-hybridized carbons (Fsp3) is 0.300. The Hall–Kier alpha value is -1.27. The zero-order valence-corrected chi connectivity index (χ0v) is 9.30. The van der Waals surface area contributed by atoms with Gasteiger partial charge in [-0.25, -0.2) is 9.18 Å². The summed E-state index contributed by atoms with van der Waals surface area (Å²) in [6.45, 7) is 0.616. The van der Waals surface area contributed by atoms with Gasteiger partial charge in [0.05, 0.1) is 5.02 Å². The van der Waals surface area contributed by atoms with E-state index < -0.39 is 33.9 Å². The Morgan fingerprint density at radius 3 is 2.35 bits per heavy atom. The van der Waals surface area contributed by atoms with Gasteiger partial charge < -0.3 is 10.2 Å². The van der Waals surface area contributed by atoms with Crippen LogP contribution in [-0.4, -0.2) is 22.1 Å². The number of aliphatic carboxylic acids is 1. The minimum absolute atomic E-state index is 0.482. The van der Waals surface area contributed by atoms with Gasteiger partial charge in [0.2, 0.25) is 0 Å². The van der Waals surface area contributed by atoms with E-state index in [9.17, 15) is 23.1 Å². The van der Waals surface area contributed by atoms with Gasteiger partial charge in [-0.2, -0.15) is 8.78 Å². The van der Waals surface area contributed by atoms with Crippen LogP contribution in [0.4, 0.5) is 13.2 Å². The maximum atomic E-state index is 13.3. The van der Waals surface area contributed by atoms with Crippen molar-refractivity contribution in [3.8, 4) is 0 Å². The summed E-state index contributed by atoms with van der Waals surface area (Å²) in [4.78, 5) is 10.4. The zero-order valence-electron chi connectivity index (χ0n) is 8.55. The quantitative estimate of drug-likeness (QED) is 0.885. The van der Waals surface area contributed by atoms with Crippen molar-refractivity contribution in [1.82, 2.24) is 0 Å². The molecule has 7 heteroatoms. The first kappa shape index (κ1) is 13.8. The second kappa shape index (κ2) is 4.19. The van der Waals surface area contributed by atoms with Gasteiger partial charge in [-0.1, -0.05) is 17.7 Å². The van der Waals surface area contributed by atoms with E-state index in [0.29, 0.717) is 6.92 Å². The van der Waals surface area contributed by atoms with Crippen LogP contribution in [0.1, 0.15) is 12.5 Å². The molecular formula is C10H8ClF3O3. The molecule has 1 aromatic carbocycles. The number of carboxylic acid groups (broad SMARTS) is 1. The predicted molar refractivity (Wildman–Crippen MR) is 53.6 cm³/mol. The Morgan fingerprint density at radius 1 is 1.41 bits per heavy atom. The molecule has 0 saturated carbocycles. The fourth-order valence-electron chi connectivity index (χ4n) is 1.19. The van der Waals surface area contributed by atoms with Gasteiger partial charge >= 0.3 is 11.9 Å². The van der Waals surface area contributed by atoms with Crippen molar-refractivity contribution in [3.63, 3.8) is 0 Å². The van der Waals surface area contributed by atoms with E-state index in [1.165, 1.54) is 0 Å². The van der Waals surface area contributed by atoms with Crippen molar-refractivity contribution in [2.45, 2.75) is 18.4 Å². The Labute approximate surface area is 99.4 Å². The van der Waals surface area contributed by atoms with Gasteiger partial charge in [-0.05, 0) is 24.6 Å². The Bertz CT molecular complexity index is 460. The van der Waals surface area contributed by atoms with Crippen LogP contribution in [0.25, 0.3) is 0 Å². The lowest BCUT2D eigenvalue weighted by atomic mass is 9.89. The van der Waals surface area contributed by atoms with Crippen molar-refractivity contribution in [2.24, 2.45) is 0 Å². The molecule has 0 radical (unpaired) electrons.